The van der Waals surface area contributed by atoms with E-state index in [0.29, 0.717) is 5.52 Å². The van der Waals surface area contributed by atoms with Gasteiger partial charge in [-0.15, -0.1) is 0 Å². The molecule has 2 nitrogen and oxygen atoms in total. The van der Waals surface area contributed by atoms with Crippen molar-refractivity contribution in [1.29, 1.82) is 0 Å². The van der Waals surface area contributed by atoms with Gasteiger partial charge >= 0.3 is 6.18 Å². The van der Waals surface area contributed by atoms with Crippen molar-refractivity contribution >= 4 is 16.7 Å². The minimum atomic E-state index is -4.45. The minimum absolute atomic E-state index is 0.0532. The number of hydrogen-bond donors (Lipinski definition) is 1. The zero-order valence-corrected chi connectivity index (χ0v) is 8.35. The Morgan fingerprint density at radius 1 is 1.31 bits per heavy atom. The molecule has 0 radical (unpaired) electrons. The van der Waals surface area contributed by atoms with Crippen LogP contribution in [-0.4, -0.2) is 10.8 Å². The Bertz CT molecular complexity index is 554. The fourth-order valence-corrected chi connectivity index (χ4v) is 1.70. The second-order valence-electron chi connectivity index (χ2n) is 3.48. The van der Waals surface area contributed by atoms with Gasteiger partial charge in [0.1, 0.15) is 0 Å². The molecule has 1 aromatic heterocycles. The van der Waals surface area contributed by atoms with Crippen LogP contribution in [0.15, 0.2) is 24.4 Å². The number of alkyl halides is 3. The van der Waals surface area contributed by atoms with Crippen LogP contribution in [0.2, 0.25) is 0 Å². The highest BCUT2D eigenvalue weighted by atomic mass is 19.4. The average molecular weight is 227 g/mol. The van der Waals surface area contributed by atoms with Crippen molar-refractivity contribution in [1.82, 2.24) is 4.98 Å². The van der Waals surface area contributed by atoms with Crippen molar-refractivity contribution in [3.05, 3.63) is 35.5 Å². The Morgan fingerprint density at radius 2 is 2.00 bits per heavy atom. The number of aromatic nitrogens is 1. The quantitative estimate of drug-likeness (QED) is 0.744. The van der Waals surface area contributed by atoms with Gasteiger partial charge < -0.3 is 4.98 Å². The van der Waals surface area contributed by atoms with E-state index in [9.17, 15) is 18.0 Å². The van der Waals surface area contributed by atoms with Gasteiger partial charge in [0.25, 0.3) is 0 Å². The topological polar surface area (TPSA) is 32.9 Å². The van der Waals surface area contributed by atoms with Gasteiger partial charge in [0.15, 0.2) is 5.78 Å². The maximum Gasteiger partial charge on any atom is 0.417 e. The van der Waals surface area contributed by atoms with E-state index in [2.05, 4.69) is 4.98 Å². The monoisotopic (exact) mass is 227 g/mol. The molecule has 0 fully saturated rings. The van der Waals surface area contributed by atoms with E-state index in [0.717, 1.165) is 6.07 Å². The maximum absolute atomic E-state index is 12.7. The molecule has 1 N–H and O–H groups in total. The number of H-pyrrole nitrogens is 1. The van der Waals surface area contributed by atoms with Gasteiger partial charge in [-0.2, -0.15) is 13.2 Å². The summed E-state index contributed by atoms with van der Waals surface area (Å²) in [4.78, 5) is 13.9. The Labute approximate surface area is 89.1 Å². The first-order valence-electron chi connectivity index (χ1n) is 4.59. The third-order valence-corrected chi connectivity index (χ3v) is 2.39. The Balaban J connectivity index is 2.84. The molecule has 1 heterocycles. The molecule has 0 saturated carbocycles. The molecular weight excluding hydrogens is 219 g/mol. The number of halogens is 3. The van der Waals surface area contributed by atoms with Crippen LogP contribution in [0.1, 0.15) is 22.8 Å². The van der Waals surface area contributed by atoms with Crippen molar-refractivity contribution in [3.63, 3.8) is 0 Å². The largest absolute Gasteiger partial charge is 0.417 e. The Kier molecular flexibility index (Phi) is 2.26. The standard InChI is InChI=1S/C11H8F3NO/c1-6(16)7-5-15-9-4-2-3-8(10(7)9)11(12,13)14/h2-5,15H,1H3. The van der Waals surface area contributed by atoms with Crippen LogP contribution >= 0.6 is 0 Å². The summed E-state index contributed by atoms with van der Waals surface area (Å²) in [6, 6.07) is 3.80. The van der Waals surface area contributed by atoms with Gasteiger partial charge in [-0.1, -0.05) is 6.07 Å². The number of ketones is 1. The molecule has 0 bridgehead atoms. The molecule has 0 amide bonds. The predicted molar refractivity (Wildman–Crippen MR) is 53.3 cm³/mol. The predicted octanol–water partition coefficient (Wildman–Crippen LogP) is 3.39. The number of aromatic amines is 1. The van der Waals surface area contributed by atoms with Crippen molar-refractivity contribution < 1.29 is 18.0 Å². The molecule has 0 aliphatic carbocycles. The van der Waals surface area contributed by atoms with E-state index in [4.69, 9.17) is 0 Å². The van der Waals surface area contributed by atoms with Crippen molar-refractivity contribution in [2.45, 2.75) is 13.1 Å². The van der Waals surface area contributed by atoms with Crippen LogP contribution in [0.25, 0.3) is 10.9 Å². The molecule has 0 unspecified atom stereocenters. The highest BCUT2D eigenvalue weighted by Gasteiger charge is 2.33. The van der Waals surface area contributed by atoms with Crippen LogP contribution < -0.4 is 0 Å². The number of Topliss-reactive ketones (excluding diaryl/α,β-unsaturated/α-hetero) is 1. The minimum Gasteiger partial charge on any atom is -0.360 e. The number of hydrogen-bond acceptors (Lipinski definition) is 1. The van der Waals surface area contributed by atoms with Crippen molar-refractivity contribution in [2.24, 2.45) is 0 Å². The molecule has 2 rings (SSSR count). The lowest BCUT2D eigenvalue weighted by molar-refractivity contribution is -0.136. The van der Waals surface area contributed by atoms with E-state index in [1.54, 1.807) is 0 Å². The van der Waals surface area contributed by atoms with Crippen molar-refractivity contribution in [2.75, 3.05) is 0 Å². The summed E-state index contributed by atoms with van der Waals surface area (Å²) in [6.45, 7) is 1.25. The van der Waals surface area contributed by atoms with Gasteiger partial charge in [0.05, 0.1) is 5.56 Å². The Hall–Kier alpha value is -1.78. The van der Waals surface area contributed by atoms with Crippen molar-refractivity contribution in [3.8, 4) is 0 Å². The number of benzene rings is 1. The lowest BCUT2D eigenvalue weighted by atomic mass is 10.0. The zero-order valence-electron chi connectivity index (χ0n) is 8.35. The molecule has 0 saturated heterocycles. The summed E-state index contributed by atoms with van der Waals surface area (Å²) < 4.78 is 38.1. The third-order valence-electron chi connectivity index (χ3n) is 2.39. The highest BCUT2D eigenvalue weighted by Crippen LogP contribution is 2.36. The average Bonchev–Trinajstić information content (AvgIpc) is 2.58. The first-order chi connectivity index (χ1) is 7.41. The lowest BCUT2D eigenvalue weighted by Crippen LogP contribution is -2.06. The van der Waals surface area contributed by atoms with Crippen LogP contribution in [0.3, 0.4) is 0 Å². The number of carbonyl (C=O) groups is 1. The van der Waals surface area contributed by atoms with Gasteiger partial charge in [-0.3, -0.25) is 4.79 Å². The van der Waals surface area contributed by atoms with Crippen LogP contribution in [0.5, 0.6) is 0 Å². The molecule has 0 atom stereocenters. The second-order valence-corrected chi connectivity index (χ2v) is 3.48. The molecule has 0 spiro atoms. The first kappa shape index (κ1) is 10.7. The van der Waals surface area contributed by atoms with Gasteiger partial charge in [-0.05, 0) is 19.1 Å². The van der Waals surface area contributed by atoms with Gasteiger partial charge in [0, 0.05) is 22.7 Å². The van der Waals surface area contributed by atoms with Gasteiger partial charge in [-0.25, -0.2) is 0 Å². The third kappa shape index (κ3) is 1.58. The molecule has 2 aromatic rings. The van der Waals surface area contributed by atoms with Crippen LogP contribution in [-0.2, 0) is 6.18 Å². The Morgan fingerprint density at radius 3 is 2.56 bits per heavy atom. The second kappa shape index (κ2) is 3.37. The number of nitrogens with one attached hydrogen (secondary N) is 1. The van der Waals surface area contributed by atoms with Gasteiger partial charge in [0.2, 0.25) is 0 Å². The SMILES string of the molecule is CC(=O)c1c[nH]c2cccc(C(F)(F)F)c12. The molecule has 1 aromatic carbocycles. The zero-order chi connectivity index (χ0) is 11.9. The van der Waals surface area contributed by atoms with Crippen LogP contribution in [0, 0.1) is 0 Å². The maximum atomic E-state index is 12.7. The number of rotatable bonds is 1. The van der Waals surface area contributed by atoms with E-state index in [-0.39, 0.29) is 16.7 Å². The fraction of sp³-hybridized carbons (Fsp3) is 0.182. The van der Waals surface area contributed by atoms with E-state index < -0.39 is 11.7 Å². The van der Waals surface area contributed by atoms with E-state index >= 15 is 0 Å². The fourth-order valence-electron chi connectivity index (χ4n) is 1.70. The lowest BCUT2D eigenvalue weighted by Gasteiger charge is -2.08. The first-order valence-corrected chi connectivity index (χ1v) is 4.59. The number of carbonyl (C=O) groups excluding carboxylic acids is 1. The number of fused-ring (bicyclic) bond motifs is 1. The summed E-state index contributed by atoms with van der Waals surface area (Å²) >= 11 is 0. The summed E-state index contributed by atoms with van der Waals surface area (Å²) in [6.07, 6.45) is -3.14. The smallest absolute Gasteiger partial charge is 0.360 e. The molecule has 5 heteroatoms. The van der Waals surface area contributed by atoms with E-state index in [1.807, 2.05) is 0 Å². The van der Waals surface area contributed by atoms with Crippen LogP contribution in [0.4, 0.5) is 13.2 Å². The molecule has 16 heavy (non-hydrogen) atoms. The molecule has 0 aliphatic rings. The summed E-state index contributed by atoms with van der Waals surface area (Å²) in [7, 11) is 0. The molecule has 0 aliphatic heterocycles. The van der Waals surface area contributed by atoms with E-state index in [1.165, 1.54) is 25.3 Å². The summed E-state index contributed by atoms with van der Waals surface area (Å²) in [5.74, 6) is -0.386. The molecular formula is C11H8F3NO. The highest BCUT2D eigenvalue weighted by molar-refractivity contribution is 6.08. The normalized spacial score (nSPS) is 12.0. The molecule has 84 valence electrons. The summed E-state index contributed by atoms with van der Waals surface area (Å²) in [5.41, 5.74) is -0.389. The summed E-state index contributed by atoms with van der Waals surface area (Å²) in [5, 5.41) is -0.0532.